The molecule has 17 heavy (non-hydrogen) atoms. The van der Waals surface area contributed by atoms with E-state index in [1.54, 1.807) is 0 Å². The van der Waals surface area contributed by atoms with Crippen LogP contribution in [0.1, 0.15) is 52.1 Å². The Bertz CT molecular complexity index is 345. The number of nitrogens with one attached hydrogen (secondary N) is 1. The predicted octanol–water partition coefficient (Wildman–Crippen LogP) is 2.96. The quantitative estimate of drug-likeness (QED) is 0.821. The first kappa shape index (κ1) is 12.6. The minimum atomic E-state index is 0.430. The van der Waals surface area contributed by atoms with Crippen LogP contribution in [0.15, 0.2) is 12.3 Å². The summed E-state index contributed by atoms with van der Waals surface area (Å²) in [5.74, 6) is 0. The maximum atomic E-state index is 4.41. The van der Waals surface area contributed by atoms with E-state index < -0.39 is 0 Å². The van der Waals surface area contributed by atoms with Crippen LogP contribution in [0.4, 0.5) is 0 Å². The summed E-state index contributed by atoms with van der Waals surface area (Å²) in [6.07, 6.45) is 7.07. The van der Waals surface area contributed by atoms with Crippen molar-refractivity contribution in [3.8, 4) is 0 Å². The summed E-state index contributed by atoms with van der Waals surface area (Å²) in [7, 11) is 0. The van der Waals surface area contributed by atoms with Crippen LogP contribution in [0.2, 0.25) is 0 Å². The molecule has 1 aromatic heterocycles. The van der Waals surface area contributed by atoms with E-state index in [1.807, 2.05) is 6.20 Å². The first-order valence-corrected chi connectivity index (χ1v) is 6.79. The minimum Gasteiger partial charge on any atom is -0.308 e. The van der Waals surface area contributed by atoms with Gasteiger partial charge in [-0.1, -0.05) is 20.8 Å². The van der Waals surface area contributed by atoms with Gasteiger partial charge in [0.05, 0.1) is 5.69 Å². The Morgan fingerprint density at radius 1 is 1.41 bits per heavy atom. The van der Waals surface area contributed by atoms with Gasteiger partial charge in [0, 0.05) is 25.3 Å². The average molecular weight is 235 g/mol. The number of rotatable bonds is 6. The van der Waals surface area contributed by atoms with Gasteiger partial charge in [-0.15, -0.1) is 0 Å². The highest BCUT2D eigenvalue weighted by Crippen LogP contribution is 2.21. The van der Waals surface area contributed by atoms with E-state index in [0.29, 0.717) is 5.41 Å². The van der Waals surface area contributed by atoms with Gasteiger partial charge in [-0.3, -0.25) is 4.68 Å². The second-order valence-corrected chi connectivity index (χ2v) is 6.37. The predicted molar refractivity (Wildman–Crippen MR) is 70.8 cm³/mol. The molecule has 0 aliphatic heterocycles. The molecular weight excluding hydrogens is 210 g/mol. The Morgan fingerprint density at radius 3 is 2.82 bits per heavy atom. The van der Waals surface area contributed by atoms with E-state index >= 15 is 0 Å². The molecule has 3 nitrogen and oxygen atoms in total. The molecule has 96 valence electrons. The van der Waals surface area contributed by atoms with Crippen molar-refractivity contribution >= 4 is 0 Å². The molecular formula is C14H25N3. The van der Waals surface area contributed by atoms with Crippen molar-refractivity contribution in [1.82, 2.24) is 15.1 Å². The highest BCUT2D eigenvalue weighted by molar-refractivity contribution is 5.01. The lowest BCUT2D eigenvalue weighted by molar-refractivity contribution is 0.346. The Hall–Kier alpha value is -0.830. The number of hydrogen-bond acceptors (Lipinski definition) is 2. The van der Waals surface area contributed by atoms with E-state index in [2.05, 4.69) is 41.9 Å². The van der Waals surface area contributed by atoms with Crippen molar-refractivity contribution in [3.63, 3.8) is 0 Å². The van der Waals surface area contributed by atoms with Crippen molar-refractivity contribution in [2.45, 2.75) is 65.6 Å². The number of aromatic nitrogens is 2. The molecule has 0 unspecified atom stereocenters. The highest BCUT2D eigenvalue weighted by atomic mass is 15.3. The lowest BCUT2D eigenvalue weighted by Gasteiger charge is -2.18. The first-order chi connectivity index (χ1) is 8.04. The lowest BCUT2D eigenvalue weighted by atomic mass is 9.91. The second kappa shape index (κ2) is 5.21. The molecule has 3 heteroatoms. The normalized spacial score (nSPS) is 16.4. The molecule has 0 spiro atoms. The van der Waals surface area contributed by atoms with Crippen LogP contribution in [0.3, 0.4) is 0 Å². The number of hydrogen-bond donors (Lipinski definition) is 1. The number of aryl methyl sites for hydroxylation is 1. The van der Waals surface area contributed by atoms with Gasteiger partial charge in [-0.05, 0) is 37.2 Å². The largest absolute Gasteiger partial charge is 0.308 e. The van der Waals surface area contributed by atoms with Crippen LogP contribution in [-0.2, 0) is 13.1 Å². The fourth-order valence-electron chi connectivity index (χ4n) is 2.01. The summed E-state index contributed by atoms with van der Waals surface area (Å²) in [6.45, 7) is 8.91. The Labute approximate surface area is 105 Å². The first-order valence-electron chi connectivity index (χ1n) is 6.79. The van der Waals surface area contributed by atoms with E-state index in [0.717, 1.165) is 19.1 Å². The van der Waals surface area contributed by atoms with Gasteiger partial charge in [-0.25, -0.2) is 0 Å². The molecule has 0 bridgehead atoms. The minimum absolute atomic E-state index is 0.430. The van der Waals surface area contributed by atoms with E-state index in [9.17, 15) is 0 Å². The average Bonchev–Trinajstić information content (AvgIpc) is 2.95. The molecule has 1 N–H and O–H groups in total. The van der Waals surface area contributed by atoms with Crippen LogP contribution in [0.5, 0.6) is 0 Å². The van der Waals surface area contributed by atoms with Crippen LogP contribution in [-0.4, -0.2) is 15.8 Å². The molecule has 2 rings (SSSR count). The van der Waals surface area contributed by atoms with Gasteiger partial charge < -0.3 is 5.32 Å². The van der Waals surface area contributed by atoms with E-state index in [-0.39, 0.29) is 0 Å². The molecule has 1 aliphatic rings. The summed E-state index contributed by atoms with van der Waals surface area (Å²) >= 11 is 0. The fraction of sp³-hybridized carbons (Fsp3) is 0.786. The van der Waals surface area contributed by atoms with Crippen LogP contribution >= 0.6 is 0 Å². The van der Waals surface area contributed by atoms with E-state index in [4.69, 9.17) is 0 Å². The van der Waals surface area contributed by atoms with Crippen LogP contribution < -0.4 is 5.32 Å². The summed E-state index contributed by atoms with van der Waals surface area (Å²) < 4.78 is 2.15. The maximum absolute atomic E-state index is 4.41. The monoisotopic (exact) mass is 235 g/mol. The van der Waals surface area contributed by atoms with E-state index in [1.165, 1.54) is 31.4 Å². The van der Waals surface area contributed by atoms with Crippen molar-refractivity contribution in [3.05, 3.63) is 18.0 Å². The molecule has 0 saturated heterocycles. The standard InChI is InChI=1S/C14H25N3/c1-14(2,3)8-4-10-17-13(7-9-16-17)11-15-12-5-6-12/h7,9,12,15H,4-6,8,10-11H2,1-3H3. The second-order valence-electron chi connectivity index (χ2n) is 6.37. The zero-order valence-electron chi connectivity index (χ0n) is 11.4. The molecule has 1 heterocycles. The van der Waals surface area contributed by atoms with Crippen molar-refractivity contribution in [2.75, 3.05) is 0 Å². The van der Waals surface area contributed by atoms with Gasteiger partial charge >= 0.3 is 0 Å². The zero-order chi connectivity index (χ0) is 12.3. The molecule has 1 saturated carbocycles. The maximum Gasteiger partial charge on any atom is 0.0522 e. The molecule has 0 aromatic carbocycles. The Balaban J connectivity index is 1.76. The zero-order valence-corrected chi connectivity index (χ0v) is 11.4. The molecule has 0 atom stereocenters. The number of nitrogens with zero attached hydrogens (tertiary/aromatic N) is 2. The fourth-order valence-corrected chi connectivity index (χ4v) is 2.01. The summed E-state index contributed by atoms with van der Waals surface area (Å²) in [6, 6.07) is 2.90. The molecule has 0 radical (unpaired) electrons. The van der Waals surface area contributed by atoms with Crippen LogP contribution in [0, 0.1) is 5.41 Å². The van der Waals surface area contributed by atoms with Crippen molar-refractivity contribution < 1.29 is 0 Å². The third-order valence-electron chi connectivity index (χ3n) is 3.25. The van der Waals surface area contributed by atoms with Crippen LogP contribution in [0.25, 0.3) is 0 Å². The van der Waals surface area contributed by atoms with Crippen molar-refractivity contribution in [1.29, 1.82) is 0 Å². The van der Waals surface area contributed by atoms with Gasteiger partial charge in [0.1, 0.15) is 0 Å². The summed E-state index contributed by atoms with van der Waals surface area (Å²) in [5.41, 5.74) is 1.75. The molecule has 1 aromatic rings. The molecule has 0 amide bonds. The Kier molecular flexibility index (Phi) is 3.87. The SMILES string of the molecule is CC(C)(C)CCCn1nccc1CNC1CC1. The smallest absolute Gasteiger partial charge is 0.0522 e. The van der Waals surface area contributed by atoms with Gasteiger partial charge in [-0.2, -0.15) is 5.10 Å². The Morgan fingerprint density at radius 2 is 2.18 bits per heavy atom. The van der Waals surface area contributed by atoms with Crippen molar-refractivity contribution in [2.24, 2.45) is 5.41 Å². The van der Waals surface area contributed by atoms with Gasteiger partial charge in [0.15, 0.2) is 0 Å². The molecule has 1 fully saturated rings. The summed E-state index contributed by atoms with van der Waals surface area (Å²) in [4.78, 5) is 0. The highest BCUT2D eigenvalue weighted by Gasteiger charge is 2.20. The summed E-state index contributed by atoms with van der Waals surface area (Å²) in [5, 5.41) is 7.96. The third kappa shape index (κ3) is 4.50. The topological polar surface area (TPSA) is 29.9 Å². The lowest BCUT2D eigenvalue weighted by Crippen LogP contribution is -2.19. The third-order valence-corrected chi connectivity index (χ3v) is 3.25. The molecule has 1 aliphatic carbocycles. The van der Waals surface area contributed by atoms with Gasteiger partial charge in [0.25, 0.3) is 0 Å². The van der Waals surface area contributed by atoms with Gasteiger partial charge in [0.2, 0.25) is 0 Å².